The molecule has 0 spiro atoms. The maximum atomic E-state index is 6.40. The maximum absolute atomic E-state index is 6.40. The number of methoxy groups -OCH3 is 1. The van der Waals surface area contributed by atoms with E-state index in [0.29, 0.717) is 19.8 Å². The van der Waals surface area contributed by atoms with Crippen molar-refractivity contribution >= 4 is 0 Å². The van der Waals surface area contributed by atoms with Crippen molar-refractivity contribution in [1.82, 2.24) is 0 Å². The first kappa shape index (κ1) is 26.7. The molecule has 2 unspecified atom stereocenters. The van der Waals surface area contributed by atoms with E-state index in [1.807, 2.05) is 66.7 Å². The molecule has 0 radical (unpaired) electrons. The van der Waals surface area contributed by atoms with Crippen LogP contribution in [0.3, 0.4) is 0 Å². The van der Waals surface area contributed by atoms with E-state index in [0.717, 1.165) is 40.4 Å². The average molecular weight is 543 g/mol. The fourth-order valence-electron chi connectivity index (χ4n) is 5.44. The molecule has 0 saturated heterocycles. The summed E-state index contributed by atoms with van der Waals surface area (Å²) in [6, 6.07) is 43.3. The maximum Gasteiger partial charge on any atom is 0.162 e. The van der Waals surface area contributed by atoms with E-state index in [4.69, 9.17) is 18.9 Å². The van der Waals surface area contributed by atoms with Gasteiger partial charge >= 0.3 is 0 Å². The monoisotopic (exact) mass is 542 g/mol. The Bertz CT molecular complexity index is 1530. The van der Waals surface area contributed by atoms with Crippen molar-refractivity contribution in [2.75, 3.05) is 7.11 Å². The van der Waals surface area contributed by atoms with E-state index < -0.39 is 0 Å². The zero-order valence-corrected chi connectivity index (χ0v) is 23.2. The van der Waals surface area contributed by atoms with Crippen LogP contribution in [0.4, 0.5) is 0 Å². The molecule has 0 heterocycles. The molecule has 0 fully saturated rings. The van der Waals surface area contributed by atoms with Crippen molar-refractivity contribution in [3.8, 4) is 17.2 Å². The van der Waals surface area contributed by atoms with E-state index in [1.165, 1.54) is 16.7 Å². The van der Waals surface area contributed by atoms with Gasteiger partial charge in [-0.15, -0.1) is 0 Å². The molecule has 5 aromatic rings. The van der Waals surface area contributed by atoms with Gasteiger partial charge in [0.25, 0.3) is 0 Å². The Morgan fingerprint density at radius 2 is 1.05 bits per heavy atom. The lowest BCUT2D eigenvalue weighted by molar-refractivity contribution is 0.0988. The van der Waals surface area contributed by atoms with Crippen molar-refractivity contribution in [2.24, 2.45) is 0 Å². The van der Waals surface area contributed by atoms with Gasteiger partial charge in [-0.1, -0.05) is 103 Å². The van der Waals surface area contributed by atoms with Crippen LogP contribution in [0.15, 0.2) is 127 Å². The molecule has 0 bridgehead atoms. The van der Waals surface area contributed by atoms with Gasteiger partial charge in [-0.2, -0.15) is 0 Å². The smallest absolute Gasteiger partial charge is 0.162 e. The first-order chi connectivity index (χ1) is 20.3. The van der Waals surface area contributed by atoms with Crippen LogP contribution in [0.2, 0.25) is 0 Å². The molecule has 0 amide bonds. The Balaban J connectivity index is 1.26. The van der Waals surface area contributed by atoms with Gasteiger partial charge in [0.2, 0.25) is 0 Å². The second-order valence-electron chi connectivity index (χ2n) is 10.3. The van der Waals surface area contributed by atoms with Gasteiger partial charge in [0.05, 0.1) is 6.10 Å². The summed E-state index contributed by atoms with van der Waals surface area (Å²) < 4.78 is 24.8. The van der Waals surface area contributed by atoms with Crippen LogP contribution in [0, 0.1) is 0 Å². The molecule has 0 N–H and O–H groups in total. The third-order valence-electron chi connectivity index (χ3n) is 7.60. The third kappa shape index (κ3) is 6.45. The number of fused-ring (bicyclic) bond motifs is 1. The Morgan fingerprint density at radius 1 is 0.561 bits per heavy atom. The summed E-state index contributed by atoms with van der Waals surface area (Å²) in [5, 5.41) is 0. The first-order valence-corrected chi connectivity index (χ1v) is 14.1. The SMILES string of the molecule is COC1Cc2cc(OCc3ccccc3)c(OCc3ccccc3)cc2C1c1ccc(OCc2ccccc2)cc1. The largest absolute Gasteiger partial charge is 0.489 e. The Hall–Kier alpha value is -4.54. The van der Waals surface area contributed by atoms with Crippen LogP contribution >= 0.6 is 0 Å². The van der Waals surface area contributed by atoms with Gasteiger partial charge in [0.15, 0.2) is 11.5 Å². The lowest BCUT2D eigenvalue weighted by Gasteiger charge is -2.21. The molecule has 4 heteroatoms. The lowest BCUT2D eigenvalue weighted by Crippen LogP contribution is -2.17. The molecule has 0 aromatic heterocycles. The van der Waals surface area contributed by atoms with E-state index in [9.17, 15) is 0 Å². The zero-order chi connectivity index (χ0) is 27.9. The second kappa shape index (κ2) is 12.8. The number of benzene rings is 5. The van der Waals surface area contributed by atoms with Gasteiger partial charge in [0.1, 0.15) is 25.6 Å². The van der Waals surface area contributed by atoms with Gasteiger partial charge < -0.3 is 18.9 Å². The van der Waals surface area contributed by atoms with Crippen molar-refractivity contribution in [3.63, 3.8) is 0 Å². The highest BCUT2D eigenvalue weighted by atomic mass is 16.5. The molecule has 41 heavy (non-hydrogen) atoms. The van der Waals surface area contributed by atoms with Crippen LogP contribution in [0.5, 0.6) is 17.2 Å². The first-order valence-electron chi connectivity index (χ1n) is 14.1. The molecule has 1 aliphatic rings. The standard InChI is InChI=1S/C37H34O4/c1-38-36-22-31-21-34(40-25-28-13-7-3-8-14-28)35(41-26-29-15-9-4-10-16-29)23-33(31)37(36)30-17-19-32(20-18-30)39-24-27-11-5-2-6-12-27/h2-21,23,36-37H,22,24-26H2,1H3. The molecule has 1 aliphatic carbocycles. The summed E-state index contributed by atoms with van der Waals surface area (Å²) in [7, 11) is 1.79. The highest BCUT2D eigenvalue weighted by molar-refractivity contribution is 5.54. The predicted octanol–water partition coefficient (Wildman–Crippen LogP) is 8.13. The molecular formula is C37H34O4. The quantitative estimate of drug-likeness (QED) is 0.169. The van der Waals surface area contributed by atoms with E-state index in [2.05, 4.69) is 60.7 Å². The minimum atomic E-state index is 0.0208. The van der Waals surface area contributed by atoms with Crippen LogP contribution in [-0.2, 0) is 31.0 Å². The van der Waals surface area contributed by atoms with Crippen LogP contribution < -0.4 is 14.2 Å². The zero-order valence-electron chi connectivity index (χ0n) is 23.2. The fraction of sp³-hybridized carbons (Fsp3) is 0.189. The van der Waals surface area contributed by atoms with Gasteiger partial charge in [0, 0.05) is 13.0 Å². The molecule has 6 rings (SSSR count). The molecule has 5 aromatic carbocycles. The third-order valence-corrected chi connectivity index (χ3v) is 7.60. The topological polar surface area (TPSA) is 36.9 Å². The van der Waals surface area contributed by atoms with Gasteiger partial charge in [-0.25, -0.2) is 0 Å². The fourth-order valence-corrected chi connectivity index (χ4v) is 5.44. The summed E-state index contributed by atoms with van der Waals surface area (Å²) in [4.78, 5) is 0. The number of ether oxygens (including phenoxy) is 4. The summed E-state index contributed by atoms with van der Waals surface area (Å²) in [6.07, 6.45) is 0.830. The van der Waals surface area contributed by atoms with Crippen LogP contribution in [0.1, 0.15) is 39.3 Å². The lowest BCUT2D eigenvalue weighted by atomic mass is 9.91. The average Bonchev–Trinajstić information content (AvgIpc) is 3.40. The van der Waals surface area contributed by atoms with Gasteiger partial charge in [-0.3, -0.25) is 0 Å². The second-order valence-corrected chi connectivity index (χ2v) is 10.3. The Labute approximate surface area is 242 Å². The van der Waals surface area contributed by atoms with Crippen molar-refractivity contribution < 1.29 is 18.9 Å². The molecule has 2 atom stereocenters. The summed E-state index contributed by atoms with van der Waals surface area (Å²) >= 11 is 0. The number of hydrogen-bond acceptors (Lipinski definition) is 4. The summed E-state index contributed by atoms with van der Waals surface area (Å²) in [5.74, 6) is 2.43. The number of rotatable bonds is 11. The minimum Gasteiger partial charge on any atom is -0.489 e. The Kier molecular flexibility index (Phi) is 8.30. The van der Waals surface area contributed by atoms with Crippen LogP contribution in [-0.4, -0.2) is 13.2 Å². The predicted molar refractivity (Wildman–Crippen MR) is 162 cm³/mol. The van der Waals surface area contributed by atoms with Crippen LogP contribution in [0.25, 0.3) is 0 Å². The van der Waals surface area contributed by atoms with Crippen molar-refractivity contribution in [3.05, 3.63) is 161 Å². The minimum absolute atomic E-state index is 0.0208. The van der Waals surface area contributed by atoms with E-state index in [1.54, 1.807) is 7.11 Å². The molecule has 4 nitrogen and oxygen atoms in total. The van der Waals surface area contributed by atoms with E-state index in [-0.39, 0.29) is 12.0 Å². The Morgan fingerprint density at radius 3 is 1.56 bits per heavy atom. The summed E-state index contributed by atoms with van der Waals surface area (Å²) in [6.45, 7) is 1.48. The highest BCUT2D eigenvalue weighted by Gasteiger charge is 2.35. The van der Waals surface area contributed by atoms with Gasteiger partial charge in [-0.05, 0) is 64.1 Å². The molecule has 0 saturated carbocycles. The normalized spacial score (nSPS) is 15.7. The molecular weight excluding hydrogens is 508 g/mol. The number of hydrogen-bond donors (Lipinski definition) is 0. The highest BCUT2D eigenvalue weighted by Crippen LogP contribution is 2.45. The summed E-state index contributed by atoms with van der Waals surface area (Å²) in [5.41, 5.74) is 7.00. The molecule has 206 valence electrons. The molecule has 0 aliphatic heterocycles. The van der Waals surface area contributed by atoms with Crippen molar-refractivity contribution in [1.29, 1.82) is 0 Å². The van der Waals surface area contributed by atoms with Crippen molar-refractivity contribution in [2.45, 2.75) is 38.3 Å². The van der Waals surface area contributed by atoms with E-state index >= 15 is 0 Å².